The van der Waals surface area contributed by atoms with Gasteiger partial charge in [-0.15, -0.1) is 0 Å². The summed E-state index contributed by atoms with van der Waals surface area (Å²) in [5, 5.41) is 10.6. The fourth-order valence-electron chi connectivity index (χ4n) is 6.72. The first kappa shape index (κ1) is 30.8. The van der Waals surface area contributed by atoms with Crippen LogP contribution in [0.5, 0.6) is 11.5 Å². The van der Waals surface area contributed by atoms with Gasteiger partial charge in [-0.1, -0.05) is 37.6 Å². The summed E-state index contributed by atoms with van der Waals surface area (Å²) in [4.78, 5) is 47.6. The number of rotatable bonds is 14. The number of amides is 2. The molecule has 3 aliphatic rings. The minimum atomic E-state index is -0.899. The molecule has 10 heteroatoms. The number of aliphatic carboxylic acids is 1. The molecule has 2 aromatic carbocycles. The molecule has 1 N–H and O–H groups in total. The van der Waals surface area contributed by atoms with Crippen LogP contribution in [0, 0.1) is 5.92 Å². The summed E-state index contributed by atoms with van der Waals surface area (Å²) in [6.07, 6.45) is 3.58. The van der Waals surface area contributed by atoms with E-state index in [1.165, 1.54) is 0 Å². The summed E-state index contributed by atoms with van der Waals surface area (Å²) in [5.41, 5.74) is 2.73. The smallest absolute Gasteiger partial charge is 0.308 e. The number of hydrogen-bond donors (Lipinski definition) is 1. The summed E-state index contributed by atoms with van der Waals surface area (Å²) in [6.45, 7) is 5.47. The third-order valence-electron chi connectivity index (χ3n) is 8.94. The van der Waals surface area contributed by atoms with Crippen molar-refractivity contribution in [3.8, 4) is 11.5 Å². The molecule has 0 saturated carbocycles. The van der Waals surface area contributed by atoms with E-state index in [0.29, 0.717) is 50.5 Å². The van der Waals surface area contributed by atoms with Crippen molar-refractivity contribution in [3.05, 3.63) is 53.6 Å². The van der Waals surface area contributed by atoms with Gasteiger partial charge in [-0.25, -0.2) is 0 Å². The molecule has 0 radical (unpaired) electrons. The van der Waals surface area contributed by atoms with Gasteiger partial charge in [0.25, 0.3) is 0 Å². The van der Waals surface area contributed by atoms with Crippen LogP contribution in [0.2, 0.25) is 0 Å². The molecule has 2 amide bonds. The third-order valence-corrected chi connectivity index (χ3v) is 8.94. The molecule has 43 heavy (non-hydrogen) atoms. The van der Waals surface area contributed by atoms with Crippen molar-refractivity contribution in [3.63, 3.8) is 0 Å². The number of hydrogen-bond acceptors (Lipinski definition) is 7. The molecule has 10 nitrogen and oxygen atoms in total. The van der Waals surface area contributed by atoms with E-state index >= 15 is 0 Å². The Kier molecular flexibility index (Phi) is 9.87. The molecule has 1 fully saturated rings. The maximum atomic E-state index is 13.8. The second kappa shape index (κ2) is 13.8. The Hall–Kier alpha value is -3.63. The molecule has 0 spiro atoms. The van der Waals surface area contributed by atoms with E-state index < -0.39 is 17.9 Å². The second-order valence-corrected chi connectivity index (χ2v) is 12.1. The van der Waals surface area contributed by atoms with Gasteiger partial charge in [-0.2, -0.15) is 0 Å². The summed E-state index contributed by atoms with van der Waals surface area (Å²) >= 11 is 0. The highest BCUT2D eigenvalue weighted by Crippen LogP contribution is 2.43. The van der Waals surface area contributed by atoms with Gasteiger partial charge in [0.05, 0.1) is 18.9 Å². The topological polar surface area (TPSA) is 103 Å². The molecule has 3 heterocycles. The van der Waals surface area contributed by atoms with Gasteiger partial charge in [-0.05, 0) is 69.2 Å². The lowest BCUT2D eigenvalue weighted by atomic mass is 9.84. The van der Waals surface area contributed by atoms with Crippen LogP contribution in [0.4, 0.5) is 5.69 Å². The predicted octanol–water partition coefficient (Wildman–Crippen LogP) is 3.44. The van der Waals surface area contributed by atoms with Gasteiger partial charge in [0.2, 0.25) is 18.6 Å². The summed E-state index contributed by atoms with van der Waals surface area (Å²) in [6, 6.07) is 12.9. The van der Waals surface area contributed by atoms with Crippen LogP contribution in [-0.2, 0) is 20.8 Å². The molecule has 0 unspecified atom stereocenters. The molecule has 2 aromatic rings. The monoisotopic (exact) mass is 592 g/mol. The maximum Gasteiger partial charge on any atom is 0.308 e. The van der Waals surface area contributed by atoms with Gasteiger partial charge >= 0.3 is 5.97 Å². The van der Waals surface area contributed by atoms with Gasteiger partial charge in [0.1, 0.15) is 0 Å². The standard InChI is InChI=1S/C33H44N4O6/c1-4-5-15-35(16-8-14-34(2)3)31(39)21-36-20-25(23-11-12-28-29(18-23)43-22-42-28)32(33(40)41)27(36)13-17-37-26-10-7-6-9-24(26)19-30(37)38/h6-7,9-12,18,25,27,32H,4-5,8,13-17,19-22H2,1-3H3,(H,40,41)/t25-,27+,32-/m1/s1. The number of ether oxygens (including phenoxy) is 2. The van der Waals surface area contributed by atoms with E-state index in [-0.39, 0.29) is 31.1 Å². The zero-order valence-electron chi connectivity index (χ0n) is 25.5. The molecule has 3 aliphatic heterocycles. The van der Waals surface area contributed by atoms with Crippen LogP contribution in [-0.4, -0.2) is 104 Å². The van der Waals surface area contributed by atoms with E-state index in [1.807, 2.05) is 66.4 Å². The molecular formula is C33H44N4O6. The molecule has 232 valence electrons. The molecular weight excluding hydrogens is 548 g/mol. The second-order valence-electron chi connectivity index (χ2n) is 12.1. The number of unbranched alkanes of at least 4 members (excludes halogenated alkanes) is 1. The van der Waals surface area contributed by atoms with E-state index in [9.17, 15) is 19.5 Å². The van der Waals surface area contributed by atoms with Crippen LogP contribution in [0.15, 0.2) is 42.5 Å². The zero-order chi connectivity index (χ0) is 30.5. The Balaban J connectivity index is 1.39. The number of carbonyl (C=O) groups is 3. The quantitative estimate of drug-likeness (QED) is 0.356. The fraction of sp³-hybridized carbons (Fsp3) is 0.545. The fourth-order valence-corrected chi connectivity index (χ4v) is 6.72. The molecule has 0 aromatic heterocycles. The van der Waals surface area contributed by atoms with Gasteiger partial charge in [0.15, 0.2) is 11.5 Å². The first-order valence-electron chi connectivity index (χ1n) is 15.4. The van der Waals surface area contributed by atoms with Crippen molar-refractivity contribution in [2.75, 3.05) is 65.1 Å². The van der Waals surface area contributed by atoms with Gasteiger partial charge < -0.3 is 29.3 Å². The van der Waals surface area contributed by atoms with E-state index in [1.54, 1.807) is 4.90 Å². The van der Waals surface area contributed by atoms with Crippen molar-refractivity contribution in [2.24, 2.45) is 5.92 Å². The Morgan fingerprint density at radius 3 is 2.56 bits per heavy atom. The number of nitrogens with zero attached hydrogens (tertiary/aromatic N) is 4. The van der Waals surface area contributed by atoms with Crippen LogP contribution < -0.4 is 14.4 Å². The summed E-state index contributed by atoms with van der Waals surface area (Å²) in [7, 11) is 4.05. The minimum Gasteiger partial charge on any atom is -0.481 e. The van der Waals surface area contributed by atoms with Gasteiger partial charge in [0, 0.05) is 43.8 Å². The Morgan fingerprint density at radius 2 is 1.79 bits per heavy atom. The van der Waals surface area contributed by atoms with Crippen molar-refractivity contribution in [1.29, 1.82) is 0 Å². The molecule has 0 bridgehead atoms. The molecule has 0 aliphatic carbocycles. The highest BCUT2D eigenvalue weighted by Gasteiger charge is 2.47. The lowest BCUT2D eigenvalue weighted by molar-refractivity contribution is -0.143. The van der Waals surface area contributed by atoms with Crippen LogP contribution in [0.3, 0.4) is 0 Å². The maximum absolute atomic E-state index is 13.8. The molecule has 3 atom stereocenters. The average Bonchev–Trinajstić information content (AvgIpc) is 3.68. The van der Waals surface area contributed by atoms with Crippen LogP contribution in [0.1, 0.15) is 49.7 Å². The number of fused-ring (bicyclic) bond motifs is 2. The number of carboxylic acid groups (broad SMARTS) is 1. The zero-order valence-corrected chi connectivity index (χ0v) is 25.5. The summed E-state index contributed by atoms with van der Waals surface area (Å²) in [5.74, 6) is -0.693. The van der Waals surface area contributed by atoms with E-state index in [2.05, 4.69) is 11.8 Å². The normalized spacial score (nSPS) is 21.1. The first-order valence-corrected chi connectivity index (χ1v) is 15.4. The minimum absolute atomic E-state index is 0.0210. The Morgan fingerprint density at radius 1 is 1.02 bits per heavy atom. The van der Waals surface area contributed by atoms with Crippen molar-refractivity contribution in [2.45, 2.75) is 51.0 Å². The summed E-state index contributed by atoms with van der Waals surface area (Å²) < 4.78 is 11.1. The van der Waals surface area contributed by atoms with Crippen molar-refractivity contribution in [1.82, 2.24) is 14.7 Å². The van der Waals surface area contributed by atoms with E-state index in [4.69, 9.17) is 9.47 Å². The highest BCUT2D eigenvalue weighted by molar-refractivity contribution is 6.01. The number of para-hydroxylation sites is 1. The Labute approximate surface area is 254 Å². The van der Waals surface area contributed by atoms with Gasteiger partial charge in [-0.3, -0.25) is 19.3 Å². The number of carbonyl (C=O) groups excluding carboxylic acids is 2. The number of anilines is 1. The van der Waals surface area contributed by atoms with Crippen LogP contribution >= 0.6 is 0 Å². The Bertz CT molecular complexity index is 1320. The largest absolute Gasteiger partial charge is 0.481 e. The highest BCUT2D eigenvalue weighted by atomic mass is 16.7. The third kappa shape index (κ3) is 6.96. The first-order chi connectivity index (χ1) is 20.8. The van der Waals surface area contributed by atoms with Crippen molar-refractivity contribution >= 4 is 23.5 Å². The van der Waals surface area contributed by atoms with Crippen LogP contribution in [0.25, 0.3) is 0 Å². The lowest BCUT2D eigenvalue weighted by Gasteiger charge is -2.31. The van der Waals surface area contributed by atoms with E-state index in [0.717, 1.165) is 42.6 Å². The number of likely N-dealkylation sites (tertiary alicyclic amines) is 1. The number of benzene rings is 2. The number of carboxylic acids is 1. The molecule has 1 saturated heterocycles. The lowest BCUT2D eigenvalue weighted by Crippen LogP contribution is -2.46. The van der Waals surface area contributed by atoms with Crippen molar-refractivity contribution < 1.29 is 29.0 Å². The predicted molar refractivity (Wildman–Crippen MR) is 164 cm³/mol. The SMILES string of the molecule is CCCCN(CCCN(C)C)C(=O)CN1C[C@H](c2ccc3c(c2)OCO3)[C@@H](C(=O)O)[C@@H]1CCN1C(=O)Cc2ccccc21. The average molecular weight is 593 g/mol. The molecule has 5 rings (SSSR count).